The lowest BCUT2D eigenvalue weighted by atomic mass is 10.1. The minimum Gasteiger partial charge on any atom is -0.462 e. The number of rotatable bonds is 21. The maximum absolute atomic E-state index is 12.4. The molecule has 0 aliphatic carbocycles. The van der Waals surface area contributed by atoms with E-state index in [1.165, 1.54) is 16.7 Å². The lowest BCUT2D eigenvalue weighted by Gasteiger charge is -2.12. The van der Waals surface area contributed by atoms with Crippen LogP contribution in [-0.4, -0.2) is 57.4 Å². The van der Waals surface area contributed by atoms with E-state index in [0.717, 1.165) is 63.3 Å². The second kappa shape index (κ2) is 32.1. The van der Waals surface area contributed by atoms with Crippen molar-refractivity contribution in [2.45, 2.75) is 58.8 Å². The van der Waals surface area contributed by atoms with Crippen LogP contribution in [0, 0.1) is 0 Å². The van der Waals surface area contributed by atoms with E-state index in [1.807, 2.05) is 176 Å². The molecule has 3 N–H and O–H groups in total. The minimum atomic E-state index is -0.390. The molecule has 0 saturated heterocycles. The predicted octanol–water partition coefficient (Wildman–Crippen LogP) is 15.8. The molecular weight excluding hydrogens is 1120 g/mol. The molecule has 0 amide bonds. The average molecular weight is 1190 g/mol. The van der Waals surface area contributed by atoms with Crippen molar-refractivity contribution in [2.24, 2.45) is 0 Å². The highest BCUT2D eigenvalue weighted by molar-refractivity contribution is 6.33. The highest BCUT2D eigenvalue weighted by atomic mass is 35.5. The van der Waals surface area contributed by atoms with Crippen molar-refractivity contribution >= 4 is 52.5 Å². The highest BCUT2D eigenvalue weighted by Crippen LogP contribution is 2.26. The number of carbonyl (C=O) groups is 1. The van der Waals surface area contributed by atoms with Crippen molar-refractivity contribution < 1.29 is 9.53 Å². The molecule has 0 aliphatic rings. The van der Waals surface area contributed by atoms with Crippen LogP contribution >= 0.6 is 11.6 Å². The summed E-state index contributed by atoms with van der Waals surface area (Å²) in [7, 11) is 0. The van der Waals surface area contributed by atoms with E-state index < -0.39 is 5.97 Å². The van der Waals surface area contributed by atoms with Gasteiger partial charge in [-0.25, -0.2) is 19.7 Å². The molecule has 3 aromatic heterocycles. The smallest absolute Gasteiger partial charge is 0.340 e. The Labute approximate surface area is 524 Å². The SMILES string of the molecule is CCOC(=O)c1ccccc1Nc1nc(Cc2ccccc2)nc(Cc2ccccc2)n1.CCc1ccccc1Nc1nc(Cc2ccccc2)nc(Cc2ccccc2)n1.Clc1ccccc1Nc1nc(Cc2ccccc2)nc(Cc2ccccc2)n1. The number of benzene rings is 9. The summed E-state index contributed by atoms with van der Waals surface area (Å²) in [6.45, 7) is 4.24. The van der Waals surface area contributed by atoms with Crippen molar-refractivity contribution in [1.29, 1.82) is 0 Å². The fourth-order valence-corrected chi connectivity index (χ4v) is 9.75. The van der Waals surface area contributed by atoms with Crippen LogP contribution in [-0.2, 0) is 49.7 Å². The first kappa shape index (κ1) is 61.3. The molecule has 9 aromatic carbocycles. The average Bonchev–Trinajstić information content (AvgIpc) is 2.24. The third kappa shape index (κ3) is 19.1. The molecule has 12 aromatic rings. The van der Waals surface area contributed by atoms with Crippen LogP contribution < -0.4 is 16.0 Å². The van der Waals surface area contributed by atoms with E-state index in [0.29, 0.717) is 90.9 Å². The van der Waals surface area contributed by atoms with Gasteiger partial charge in [-0.15, -0.1) is 0 Å². The van der Waals surface area contributed by atoms with Crippen molar-refractivity contribution in [1.82, 2.24) is 44.9 Å². The third-order valence-corrected chi connectivity index (χ3v) is 14.2. The molecule has 442 valence electrons. The minimum absolute atomic E-state index is 0.307. The Morgan fingerprint density at radius 3 is 0.921 bits per heavy atom. The van der Waals surface area contributed by atoms with E-state index >= 15 is 0 Å². The van der Waals surface area contributed by atoms with Gasteiger partial charge in [0.1, 0.15) is 34.9 Å². The number of para-hydroxylation sites is 3. The zero-order chi connectivity index (χ0) is 61.2. The maximum atomic E-state index is 12.4. The lowest BCUT2D eigenvalue weighted by Crippen LogP contribution is -2.11. The Morgan fingerprint density at radius 2 is 0.596 bits per heavy atom. The van der Waals surface area contributed by atoms with Gasteiger partial charge in [-0.2, -0.15) is 29.9 Å². The molecule has 89 heavy (non-hydrogen) atoms. The summed E-state index contributed by atoms with van der Waals surface area (Å²) in [5, 5.41) is 10.5. The Balaban J connectivity index is 0.000000147. The highest BCUT2D eigenvalue weighted by Gasteiger charge is 2.17. The number of anilines is 6. The molecule has 0 atom stereocenters. The third-order valence-electron chi connectivity index (χ3n) is 13.8. The molecule has 15 heteroatoms. The quantitative estimate of drug-likeness (QED) is 0.0579. The number of esters is 1. The summed E-state index contributed by atoms with van der Waals surface area (Å²) in [5.41, 5.74) is 11.0. The number of ether oxygens (including phenoxy) is 1. The number of nitrogens with zero attached hydrogens (tertiary/aromatic N) is 9. The number of aryl methyl sites for hydroxylation is 1. The van der Waals surface area contributed by atoms with Gasteiger partial charge in [-0.3, -0.25) is 0 Å². The second-order valence-electron chi connectivity index (χ2n) is 20.6. The second-order valence-corrected chi connectivity index (χ2v) is 21.0. The monoisotopic (exact) mass is 1190 g/mol. The molecular formula is C74H67ClN12O2. The van der Waals surface area contributed by atoms with Gasteiger partial charge in [-0.05, 0) is 82.6 Å². The standard InChI is InChI=1S/C26H24N4O2.C25H24N4.C23H19ClN4/c1-2-32-25(31)21-15-9-10-16-22(21)27-26-29-23(17-19-11-5-3-6-12-19)28-24(30-26)18-20-13-7-4-8-14-20;1-2-21-15-9-10-16-22(21)26-25-28-23(17-19-11-5-3-6-12-19)27-24(29-25)18-20-13-7-4-8-14-20;24-19-13-7-8-14-20(19)25-23-27-21(15-17-9-3-1-4-10-17)26-22(28-23)16-18-11-5-2-6-12-18/h3-16H,2,17-18H2,1H3,(H,27,28,29,30);3-16H,2,17-18H2,1H3,(H,26,27,28,29);1-14H,15-16H2,(H,25,26,27,28). The molecule has 14 nitrogen and oxygen atoms in total. The van der Waals surface area contributed by atoms with Crippen molar-refractivity contribution in [3.63, 3.8) is 0 Å². The Morgan fingerprint density at radius 1 is 0.326 bits per heavy atom. The first-order valence-corrected chi connectivity index (χ1v) is 30.0. The summed E-state index contributed by atoms with van der Waals surface area (Å²) in [6, 6.07) is 84.1. The molecule has 0 spiro atoms. The number of halogens is 1. The van der Waals surface area contributed by atoms with Gasteiger partial charge in [0.15, 0.2) is 0 Å². The van der Waals surface area contributed by atoms with E-state index in [2.05, 4.69) is 110 Å². The summed E-state index contributed by atoms with van der Waals surface area (Å²) in [6.07, 6.45) is 4.75. The van der Waals surface area contributed by atoms with Crippen LogP contribution in [0.1, 0.15) is 98.1 Å². The Bertz CT molecular complexity index is 3980. The predicted molar refractivity (Wildman–Crippen MR) is 354 cm³/mol. The van der Waals surface area contributed by atoms with Crippen molar-refractivity contribution in [3.05, 3.63) is 339 Å². The number of hydrogen-bond acceptors (Lipinski definition) is 14. The fourth-order valence-electron chi connectivity index (χ4n) is 9.57. The molecule has 0 bridgehead atoms. The molecule has 0 fully saturated rings. The zero-order valence-electron chi connectivity index (χ0n) is 49.6. The van der Waals surface area contributed by atoms with Gasteiger partial charge >= 0.3 is 5.97 Å². The van der Waals surface area contributed by atoms with Gasteiger partial charge in [0.2, 0.25) is 17.8 Å². The Hall–Kier alpha value is -10.8. The maximum Gasteiger partial charge on any atom is 0.340 e. The van der Waals surface area contributed by atoms with Gasteiger partial charge < -0.3 is 20.7 Å². The molecule has 0 saturated carbocycles. The summed E-state index contributed by atoms with van der Waals surface area (Å²) in [4.78, 5) is 54.4. The lowest BCUT2D eigenvalue weighted by molar-refractivity contribution is 0.0527. The first-order chi connectivity index (χ1) is 43.8. The van der Waals surface area contributed by atoms with E-state index in [9.17, 15) is 4.79 Å². The van der Waals surface area contributed by atoms with Crippen LogP contribution in [0.5, 0.6) is 0 Å². The molecule has 3 heterocycles. The normalized spacial score (nSPS) is 10.6. The Kier molecular flexibility index (Phi) is 22.1. The van der Waals surface area contributed by atoms with Crippen LogP contribution in [0.3, 0.4) is 0 Å². The van der Waals surface area contributed by atoms with Crippen molar-refractivity contribution in [3.8, 4) is 0 Å². The number of carbonyl (C=O) groups excluding carboxylic acids is 1. The number of aromatic nitrogens is 9. The number of nitrogens with one attached hydrogen (secondary N) is 3. The first-order valence-electron chi connectivity index (χ1n) is 29.6. The number of hydrogen-bond donors (Lipinski definition) is 3. The largest absolute Gasteiger partial charge is 0.462 e. The van der Waals surface area contributed by atoms with Gasteiger partial charge in [-0.1, -0.05) is 243 Å². The van der Waals surface area contributed by atoms with E-state index in [-0.39, 0.29) is 0 Å². The molecule has 0 aliphatic heterocycles. The van der Waals surface area contributed by atoms with Crippen LogP contribution in [0.4, 0.5) is 34.9 Å². The molecule has 0 unspecified atom stereocenters. The van der Waals surface area contributed by atoms with E-state index in [4.69, 9.17) is 41.3 Å². The fraction of sp³-hybridized carbons (Fsp3) is 0.135. The molecule has 12 rings (SSSR count). The van der Waals surface area contributed by atoms with Crippen LogP contribution in [0.15, 0.2) is 255 Å². The molecule has 0 radical (unpaired) electrons. The van der Waals surface area contributed by atoms with E-state index in [1.54, 1.807) is 19.1 Å². The van der Waals surface area contributed by atoms with Gasteiger partial charge in [0, 0.05) is 44.2 Å². The zero-order valence-corrected chi connectivity index (χ0v) is 50.4. The topological polar surface area (TPSA) is 178 Å². The van der Waals surface area contributed by atoms with Crippen molar-refractivity contribution in [2.75, 3.05) is 22.6 Å². The summed E-state index contributed by atoms with van der Waals surface area (Å²) >= 11 is 6.28. The van der Waals surface area contributed by atoms with Crippen LogP contribution in [0.2, 0.25) is 5.02 Å². The van der Waals surface area contributed by atoms with Gasteiger partial charge in [0.05, 0.1) is 28.6 Å². The summed E-state index contributed by atoms with van der Waals surface area (Å²) in [5.74, 6) is 5.41. The van der Waals surface area contributed by atoms with Crippen LogP contribution in [0.25, 0.3) is 0 Å². The van der Waals surface area contributed by atoms with Gasteiger partial charge in [0.25, 0.3) is 0 Å². The summed E-state index contributed by atoms with van der Waals surface area (Å²) < 4.78 is 5.18.